The van der Waals surface area contributed by atoms with E-state index >= 15 is 0 Å². The summed E-state index contributed by atoms with van der Waals surface area (Å²) in [6, 6.07) is 1.36. The molecule has 0 aliphatic carbocycles. The largest absolute Gasteiger partial charge is 0.329 e. The van der Waals surface area contributed by atoms with Crippen molar-refractivity contribution in [1.82, 2.24) is 4.57 Å². The molecule has 1 unspecified atom stereocenters. The summed E-state index contributed by atoms with van der Waals surface area (Å²) in [4.78, 5) is 0. The van der Waals surface area contributed by atoms with E-state index in [4.69, 9.17) is 0 Å². The van der Waals surface area contributed by atoms with Gasteiger partial charge < -0.3 is 4.57 Å². The summed E-state index contributed by atoms with van der Waals surface area (Å²) in [5.74, 6) is 0. The molecule has 0 saturated carbocycles. The Morgan fingerprint density at radius 3 is 1.70 bits per heavy atom. The zero-order valence-electron chi connectivity index (χ0n) is 8.23. The van der Waals surface area contributed by atoms with Crippen LogP contribution >= 0.6 is 0 Å². The molecule has 0 aliphatic rings. The van der Waals surface area contributed by atoms with Crippen molar-refractivity contribution in [3.05, 3.63) is 0 Å². The molecule has 1 atom stereocenters. The van der Waals surface area contributed by atoms with Crippen molar-refractivity contribution in [2.45, 2.75) is 38.9 Å². The molecule has 0 radical (unpaired) electrons. The molecule has 0 aromatic rings. The Morgan fingerprint density at radius 2 is 1.70 bits per heavy atom. The first kappa shape index (κ1) is 10.2. The van der Waals surface area contributed by atoms with Crippen molar-refractivity contribution in [2.75, 3.05) is 14.1 Å². The van der Waals surface area contributed by atoms with Crippen molar-refractivity contribution in [3.8, 4) is 0 Å². The highest BCUT2D eigenvalue weighted by atomic mass is 28.3. The Hall–Kier alpha value is 0.177. The summed E-state index contributed by atoms with van der Waals surface area (Å²) < 4.78 is 2.46. The Bertz CT molecular complexity index is 91.4. The second kappa shape index (κ2) is 3.53. The van der Waals surface area contributed by atoms with Crippen LogP contribution in [0.15, 0.2) is 0 Å². The van der Waals surface area contributed by atoms with Gasteiger partial charge in [-0.2, -0.15) is 0 Å². The van der Waals surface area contributed by atoms with E-state index in [9.17, 15) is 0 Å². The monoisotopic (exact) mass is 159 g/mol. The van der Waals surface area contributed by atoms with E-state index in [0.717, 1.165) is 5.54 Å². The molecular weight excluding hydrogens is 138 g/mol. The molecule has 0 fully saturated rings. The minimum atomic E-state index is -1.04. The van der Waals surface area contributed by atoms with Crippen molar-refractivity contribution < 1.29 is 0 Å². The van der Waals surface area contributed by atoms with Crippen LogP contribution in [0.4, 0.5) is 0 Å². The molecular formula is C8H21NSi. The smallest absolute Gasteiger partial charge is 0.127 e. The third kappa shape index (κ3) is 1.83. The molecule has 1 nitrogen and oxygen atoms in total. The van der Waals surface area contributed by atoms with E-state index in [2.05, 4.69) is 46.0 Å². The molecule has 0 bridgehead atoms. The first-order valence-electron chi connectivity index (χ1n) is 4.12. The van der Waals surface area contributed by atoms with Gasteiger partial charge in [-0.3, -0.25) is 0 Å². The molecule has 0 spiro atoms. The third-order valence-corrected chi connectivity index (χ3v) is 8.94. The first-order valence-corrected chi connectivity index (χ1v) is 6.85. The van der Waals surface area contributed by atoms with Crippen LogP contribution in [0.25, 0.3) is 0 Å². The van der Waals surface area contributed by atoms with Crippen molar-refractivity contribution in [2.24, 2.45) is 0 Å². The summed E-state index contributed by atoms with van der Waals surface area (Å²) in [6.07, 6.45) is 0. The molecule has 0 heterocycles. The van der Waals surface area contributed by atoms with E-state index in [1.54, 1.807) is 0 Å². The van der Waals surface area contributed by atoms with Gasteiger partial charge in [-0.15, -0.1) is 0 Å². The van der Waals surface area contributed by atoms with Crippen LogP contribution in [0.3, 0.4) is 0 Å². The molecule has 0 aromatic heterocycles. The van der Waals surface area contributed by atoms with E-state index in [1.807, 2.05) is 0 Å². The van der Waals surface area contributed by atoms with E-state index < -0.39 is 8.24 Å². The quantitative estimate of drug-likeness (QED) is 0.572. The molecule has 0 rings (SSSR count). The van der Waals surface area contributed by atoms with Gasteiger partial charge in [0.2, 0.25) is 0 Å². The number of nitrogens with zero attached hydrogens (tertiary/aromatic N) is 1. The maximum atomic E-state index is 2.46. The van der Waals surface area contributed by atoms with Gasteiger partial charge >= 0.3 is 0 Å². The minimum Gasteiger partial charge on any atom is -0.329 e. The lowest BCUT2D eigenvalue weighted by Gasteiger charge is -2.36. The molecule has 0 amide bonds. The number of hydrogen-bond donors (Lipinski definition) is 0. The second-order valence-electron chi connectivity index (χ2n) is 3.76. The average Bonchev–Trinajstić information content (AvgIpc) is 1.85. The Balaban J connectivity index is 4.23. The van der Waals surface area contributed by atoms with Gasteiger partial charge in [0, 0.05) is 0 Å². The molecule has 62 valence electrons. The van der Waals surface area contributed by atoms with Gasteiger partial charge in [0.25, 0.3) is 0 Å². The van der Waals surface area contributed by atoms with Crippen LogP contribution in [-0.2, 0) is 0 Å². The van der Waals surface area contributed by atoms with Crippen LogP contribution in [0, 0.1) is 0 Å². The molecule has 0 saturated heterocycles. The normalized spacial score (nSPS) is 18.0. The lowest BCUT2D eigenvalue weighted by Crippen LogP contribution is -2.48. The summed E-state index contributed by atoms with van der Waals surface area (Å²) in [5.41, 5.74) is 0.868. The number of rotatable bonds is 3. The Morgan fingerprint density at radius 1 is 1.30 bits per heavy atom. The molecule has 10 heavy (non-hydrogen) atoms. The standard InChI is InChI=1S/C8H21NSi/c1-7-10(6,8(2)3)9(4)5/h8H,7H2,1-6H3. The third-order valence-electron chi connectivity index (χ3n) is 2.98. The molecule has 0 aliphatic heterocycles. The van der Waals surface area contributed by atoms with Crippen LogP contribution in [0.2, 0.25) is 18.1 Å². The Kier molecular flexibility index (Phi) is 3.60. The lowest BCUT2D eigenvalue weighted by atomic mass is 10.6. The van der Waals surface area contributed by atoms with E-state index in [1.165, 1.54) is 6.04 Å². The average molecular weight is 159 g/mol. The summed E-state index contributed by atoms with van der Waals surface area (Å²) >= 11 is 0. The van der Waals surface area contributed by atoms with Crippen molar-refractivity contribution in [3.63, 3.8) is 0 Å². The van der Waals surface area contributed by atoms with Crippen LogP contribution in [0.1, 0.15) is 20.8 Å². The predicted octanol–water partition coefficient (Wildman–Crippen LogP) is 2.55. The summed E-state index contributed by atoms with van der Waals surface area (Å²) in [6.45, 7) is 9.45. The first-order chi connectivity index (χ1) is 4.45. The fourth-order valence-corrected chi connectivity index (χ4v) is 3.72. The van der Waals surface area contributed by atoms with Crippen LogP contribution < -0.4 is 0 Å². The fourth-order valence-electron chi connectivity index (χ4n) is 1.24. The van der Waals surface area contributed by atoms with Gasteiger partial charge in [0.15, 0.2) is 0 Å². The summed E-state index contributed by atoms with van der Waals surface area (Å²) in [7, 11) is 3.39. The van der Waals surface area contributed by atoms with Crippen molar-refractivity contribution in [1.29, 1.82) is 0 Å². The van der Waals surface area contributed by atoms with Gasteiger partial charge in [-0.1, -0.05) is 27.3 Å². The maximum Gasteiger partial charge on any atom is 0.127 e. The zero-order chi connectivity index (χ0) is 8.36. The predicted molar refractivity (Wildman–Crippen MR) is 50.9 cm³/mol. The Labute approximate surface area is 66.5 Å². The topological polar surface area (TPSA) is 3.24 Å². The second-order valence-corrected chi connectivity index (χ2v) is 9.23. The SMILES string of the molecule is CC[Si](C)(C(C)C)N(C)C. The van der Waals surface area contributed by atoms with Crippen molar-refractivity contribution >= 4 is 8.24 Å². The van der Waals surface area contributed by atoms with E-state index in [0.29, 0.717) is 0 Å². The number of hydrogen-bond acceptors (Lipinski definition) is 1. The van der Waals surface area contributed by atoms with E-state index in [-0.39, 0.29) is 0 Å². The van der Waals surface area contributed by atoms with Gasteiger partial charge in [-0.05, 0) is 25.7 Å². The minimum absolute atomic E-state index is 0.868. The van der Waals surface area contributed by atoms with Gasteiger partial charge in [0.1, 0.15) is 8.24 Å². The maximum absolute atomic E-state index is 2.46. The lowest BCUT2D eigenvalue weighted by molar-refractivity contribution is 0.592. The van der Waals surface area contributed by atoms with Gasteiger partial charge in [0.05, 0.1) is 0 Å². The highest BCUT2D eigenvalue weighted by Gasteiger charge is 2.31. The fraction of sp³-hybridized carbons (Fsp3) is 1.00. The highest BCUT2D eigenvalue weighted by Crippen LogP contribution is 2.25. The summed E-state index contributed by atoms with van der Waals surface area (Å²) in [5, 5.41) is 0. The highest BCUT2D eigenvalue weighted by molar-refractivity contribution is 6.77. The molecule has 0 aromatic carbocycles. The molecule has 2 heteroatoms. The molecule has 0 N–H and O–H groups in total. The van der Waals surface area contributed by atoms with Crippen LogP contribution in [0.5, 0.6) is 0 Å². The zero-order valence-corrected chi connectivity index (χ0v) is 9.23. The van der Waals surface area contributed by atoms with Gasteiger partial charge in [-0.25, -0.2) is 0 Å². The van der Waals surface area contributed by atoms with Crippen LogP contribution in [-0.4, -0.2) is 26.9 Å².